The van der Waals surface area contributed by atoms with Crippen LogP contribution >= 0.6 is 11.6 Å². The van der Waals surface area contributed by atoms with Gasteiger partial charge < -0.3 is 15.4 Å². The van der Waals surface area contributed by atoms with Gasteiger partial charge >= 0.3 is 12.0 Å². The molecule has 9 heteroatoms. The minimum atomic E-state index is -3.86. The van der Waals surface area contributed by atoms with Crippen LogP contribution in [0.1, 0.15) is 37.9 Å². The summed E-state index contributed by atoms with van der Waals surface area (Å²) in [6, 6.07) is 11.6. The number of nitrogens with one attached hydrogen (secondary N) is 2. The van der Waals surface area contributed by atoms with Gasteiger partial charge in [0.1, 0.15) is 0 Å². The highest BCUT2D eigenvalue weighted by Gasteiger charge is 2.35. The molecule has 1 atom stereocenters. The molecule has 2 amide bonds. The highest BCUT2D eigenvalue weighted by atomic mass is 35.5. The number of sulfone groups is 1. The maximum Gasteiger partial charge on any atom is 0.338 e. The minimum absolute atomic E-state index is 0.0179. The predicted molar refractivity (Wildman–Crippen MR) is 122 cm³/mol. The van der Waals surface area contributed by atoms with E-state index in [1.54, 1.807) is 36.4 Å². The van der Waals surface area contributed by atoms with Crippen LogP contribution in [0.25, 0.3) is 0 Å². The Morgan fingerprint density at radius 2 is 1.66 bits per heavy atom. The lowest BCUT2D eigenvalue weighted by molar-refractivity contribution is -0.136. The topological polar surface area (TPSA) is 102 Å². The molecule has 0 saturated carbocycles. The first-order chi connectivity index (χ1) is 14.9. The van der Waals surface area contributed by atoms with E-state index >= 15 is 0 Å². The van der Waals surface area contributed by atoms with Crippen LogP contribution in [0.2, 0.25) is 5.02 Å². The Balaban J connectivity index is 2.04. The summed E-state index contributed by atoms with van der Waals surface area (Å²) in [6.45, 7) is 6.10. The van der Waals surface area contributed by atoms with Gasteiger partial charge in [0, 0.05) is 10.7 Å². The summed E-state index contributed by atoms with van der Waals surface area (Å²) in [5.74, 6) is -1.31. The predicted octanol–water partition coefficient (Wildman–Crippen LogP) is 3.89. The first-order valence-electron chi connectivity index (χ1n) is 9.90. The van der Waals surface area contributed by atoms with Crippen molar-refractivity contribution in [2.24, 2.45) is 0 Å². The number of benzene rings is 2. The quantitative estimate of drug-likeness (QED) is 0.637. The van der Waals surface area contributed by atoms with E-state index in [0.29, 0.717) is 10.6 Å². The van der Waals surface area contributed by atoms with Gasteiger partial charge in [-0.15, -0.1) is 0 Å². The van der Waals surface area contributed by atoms with Crippen molar-refractivity contribution < 1.29 is 22.7 Å². The highest BCUT2D eigenvalue weighted by Crippen LogP contribution is 2.30. The molecule has 2 N–H and O–H groups in total. The zero-order valence-corrected chi connectivity index (χ0v) is 19.8. The minimum Gasteiger partial charge on any atom is -0.466 e. The molecule has 170 valence electrons. The fourth-order valence-corrected chi connectivity index (χ4v) is 4.87. The van der Waals surface area contributed by atoms with Gasteiger partial charge in [0.2, 0.25) is 0 Å². The van der Waals surface area contributed by atoms with Crippen LogP contribution in [0.3, 0.4) is 0 Å². The average molecular weight is 477 g/mol. The summed E-state index contributed by atoms with van der Waals surface area (Å²) in [7, 11) is -2.67. The fraction of sp³-hybridized carbons (Fsp3) is 0.304. The molecule has 1 unspecified atom stereocenters. The maximum absolute atomic E-state index is 13.1. The monoisotopic (exact) mass is 476 g/mol. The molecule has 7 nitrogen and oxygen atoms in total. The number of hydrogen-bond acceptors (Lipinski definition) is 5. The van der Waals surface area contributed by atoms with Crippen LogP contribution in [0.4, 0.5) is 4.79 Å². The number of carbonyl (C=O) groups excluding carboxylic acids is 2. The van der Waals surface area contributed by atoms with E-state index in [2.05, 4.69) is 10.6 Å². The third-order valence-electron chi connectivity index (χ3n) is 5.18. The van der Waals surface area contributed by atoms with E-state index in [1.807, 2.05) is 20.8 Å². The lowest BCUT2D eigenvalue weighted by Gasteiger charge is -2.29. The Morgan fingerprint density at radius 1 is 1.06 bits per heavy atom. The van der Waals surface area contributed by atoms with Crippen LogP contribution < -0.4 is 10.6 Å². The smallest absolute Gasteiger partial charge is 0.338 e. The van der Waals surface area contributed by atoms with Crippen LogP contribution in [-0.2, 0) is 24.8 Å². The molecular weight excluding hydrogens is 452 g/mol. The van der Waals surface area contributed by atoms with Gasteiger partial charge in [0.15, 0.2) is 9.84 Å². The highest BCUT2D eigenvalue weighted by molar-refractivity contribution is 7.91. The van der Waals surface area contributed by atoms with Gasteiger partial charge in [0.25, 0.3) is 0 Å². The van der Waals surface area contributed by atoms with Gasteiger partial charge in [-0.2, -0.15) is 0 Å². The molecule has 1 heterocycles. The molecule has 0 spiro atoms. The molecule has 0 aromatic heterocycles. The molecular formula is C23H25ClN2O5S. The summed E-state index contributed by atoms with van der Waals surface area (Å²) in [4.78, 5) is 25.0. The molecule has 2 aromatic rings. The van der Waals surface area contributed by atoms with Crippen molar-refractivity contribution in [3.8, 4) is 0 Å². The van der Waals surface area contributed by atoms with Crippen LogP contribution in [0.5, 0.6) is 0 Å². The second-order valence-corrected chi connectivity index (χ2v) is 10.9. The van der Waals surface area contributed by atoms with Crippen molar-refractivity contribution in [3.63, 3.8) is 0 Å². The van der Waals surface area contributed by atoms with E-state index in [1.165, 1.54) is 19.2 Å². The Kier molecular flexibility index (Phi) is 6.67. The number of methoxy groups -OCH3 is 1. The van der Waals surface area contributed by atoms with E-state index in [4.69, 9.17) is 16.3 Å². The van der Waals surface area contributed by atoms with Gasteiger partial charge in [-0.3, -0.25) is 0 Å². The summed E-state index contributed by atoms with van der Waals surface area (Å²) in [5.41, 5.74) is 1.42. The molecule has 2 aromatic carbocycles. The zero-order chi connectivity index (χ0) is 23.7. The van der Waals surface area contributed by atoms with E-state index in [0.717, 1.165) is 5.56 Å². The Hall–Kier alpha value is -2.84. The standard InChI is InChI=1S/C23H25ClN2O5S/c1-23(2,3)15-7-11-17(12-8-15)32(29,30)13-18-19(21(27)31-4)20(26-22(28)25-18)14-5-9-16(24)10-6-14/h5-12,20H,13H2,1-4H3,(H2,25,26,28). The number of hydrogen-bond donors (Lipinski definition) is 2. The molecule has 1 aliphatic heterocycles. The maximum atomic E-state index is 13.1. The molecule has 0 radical (unpaired) electrons. The van der Waals surface area contributed by atoms with E-state index in [-0.39, 0.29) is 21.6 Å². The Labute approximate surface area is 192 Å². The average Bonchev–Trinajstić information content (AvgIpc) is 2.72. The lowest BCUT2D eigenvalue weighted by atomic mass is 9.87. The van der Waals surface area contributed by atoms with Crippen molar-refractivity contribution in [1.82, 2.24) is 10.6 Å². The third kappa shape index (κ3) is 5.14. The molecule has 1 aliphatic rings. The van der Waals surface area contributed by atoms with Crippen LogP contribution in [0, 0.1) is 0 Å². The van der Waals surface area contributed by atoms with Gasteiger partial charge in [-0.25, -0.2) is 18.0 Å². The van der Waals surface area contributed by atoms with E-state index in [9.17, 15) is 18.0 Å². The normalized spacial score (nSPS) is 16.9. The third-order valence-corrected chi connectivity index (χ3v) is 7.09. The van der Waals surface area contributed by atoms with Gasteiger partial charge in [-0.05, 0) is 40.8 Å². The first-order valence-corrected chi connectivity index (χ1v) is 11.9. The molecule has 0 saturated heterocycles. The van der Waals surface area contributed by atoms with Crippen molar-refractivity contribution in [2.45, 2.75) is 37.1 Å². The van der Waals surface area contributed by atoms with Crippen LogP contribution in [-0.4, -0.2) is 33.3 Å². The largest absolute Gasteiger partial charge is 0.466 e. The number of amides is 2. The number of rotatable bonds is 5. The first kappa shape index (κ1) is 23.8. The Morgan fingerprint density at radius 3 is 2.19 bits per heavy atom. The van der Waals surface area contributed by atoms with Crippen molar-refractivity contribution >= 4 is 33.4 Å². The number of ether oxygens (including phenoxy) is 1. The molecule has 0 aliphatic carbocycles. The lowest BCUT2D eigenvalue weighted by Crippen LogP contribution is -2.47. The number of halogens is 1. The number of esters is 1. The Bertz CT molecular complexity index is 1160. The van der Waals surface area contributed by atoms with E-state index < -0.39 is 33.6 Å². The van der Waals surface area contributed by atoms with Crippen molar-refractivity contribution in [2.75, 3.05) is 12.9 Å². The molecule has 0 fully saturated rings. The SMILES string of the molecule is COC(=O)C1=C(CS(=O)(=O)c2ccc(C(C)(C)C)cc2)NC(=O)NC1c1ccc(Cl)cc1. The van der Waals surface area contributed by atoms with Crippen LogP contribution in [0.15, 0.2) is 64.7 Å². The summed E-state index contributed by atoms with van der Waals surface area (Å²) in [5, 5.41) is 5.61. The summed E-state index contributed by atoms with van der Waals surface area (Å²) in [6.07, 6.45) is 0. The van der Waals surface area contributed by atoms with Crippen molar-refractivity contribution in [3.05, 3.63) is 76.0 Å². The number of carbonyl (C=O) groups is 2. The fourth-order valence-electron chi connectivity index (χ4n) is 3.42. The zero-order valence-electron chi connectivity index (χ0n) is 18.2. The van der Waals surface area contributed by atoms with Gasteiger partial charge in [-0.1, -0.05) is 56.6 Å². The summed E-state index contributed by atoms with van der Waals surface area (Å²) < 4.78 is 31.2. The van der Waals surface area contributed by atoms with Gasteiger partial charge in [0.05, 0.1) is 29.4 Å². The molecule has 32 heavy (non-hydrogen) atoms. The molecule has 0 bridgehead atoms. The molecule has 3 rings (SSSR count). The number of urea groups is 1. The summed E-state index contributed by atoms with van der Waals surface area (Å²) >= 11 is 5.95. The van der Waals surface area contributed by atoms with Crippen molar-refractivity contribution in [1.29, 1.82) is 0 Å². The second kappa shape index (κ2) is 8.96. The second-order valence-electron chi connectivity index (χ2n) is 8.50.